The highest BCUT2D eigenvalue weighted by Crippen LogP contribution is 2.34. The van der Waals surface area contributed by atoms with E-state index in [0.717, 1.165) is 0 Å². The molecule has 0 atom stereocenters. The van der Waals surface area contributed by atoms with Gasteiger partial charge in [0, 0.05) is 16.6 Å². The number of anilines is 1. The van der Waals surface area contributed by atoms with Crippen LogP contribution in [0.25, 0.3) is 0 Å². The van der Waals surface area contributed by atoms with Crippen molar-refractivity contribution in [3.8, 4) is 17.2 Å². The average molecular weight is 452 g/mol. The van der Waals surface area contributed by atoms with E-state index in [4.69, 9.17) is 18.9 Å². The number of para-hydroxylation sites is 1. The summed E-state index contributed by atoms with van der Waals surface area (Å²) in [4.78, 5) is 25.5. The molecule has 0 bridgehead atoms. The zero-order valence-electron chi connectivity index (χ0n) is 17.1. The van der Waals surface area contributed by atoms with Gasteiger partial charge < -0.3 is 24.3 Å². The van der Waals surface area contributed by atoms with E-state index in [0.29, 0.717) is 33.4 Å². The molecule has 3 aromatic carbocycles. The van der Waals surface area contributed by atoms with E-state index in [1.807, 2.05) is 36.4 Å². The van der Waals surface area contributed by atoms with Gasteiger partial charge in [0.15, 0.2) is 11.5 Å². The van der Waals surface area contributed by atoms with Gasteiger partial charge in [-0.15, -0.1) is 11.8 Å². The number of fused-ring (bicyclic) bond motifs is 1. The number of nitrogens with one attached hydrogen (secondary N) is 1. The van der Waals surface area contributed by atoms with Crippen LogP contribution in [-0.4, -0.2) is 37.6 Å². The predicted octanol–water partition coefficient (Wildman–Crippen LogP) is 4.38. The topological polar surface area (TPSA) is 83.1 Å². The number of esters is 1. The molecule has 32 heavy (non-hydrogen) atoms. The lowest BCUT2D eigenvalue weighted by molar-refractivity contribution is -0.113. The fraction of sp³-hybridized carbons (Fsp3) is 0.167. The lowest BCUT2D eigenvalue weighted by Gasteiger charge is -2.10. The maximum atomic E-state index is 12.5. The van der Waals surface area contributed by atoms with Crippen molar-refractivity contribution in [3.63, 3.8) is 0 Å². The molecule has 4 rings (SSSR count). The Bertz CT molecular complexity index is 1090. The predicted molar refractivity (Wildman–Crippen MR) is 121 cm³/mol. The number of hydrogen-bond acceptors (Lipinski definition) is 7. The molecule has 1 heterocycles. The second kappa shape index (κ2) is 10.6. The molecule has 0 unspecified atom stereocenters. The molecule has 0 spiro atoms. The Balaban J connectivity index is 1.27. The van der Waals surface area contributed by atoms with Crippen LogP contribution in [0, 0.1) is 0 Å². The third kappa shape index (κ3) is 5.73. The van der Waals surface area contributed by atoms with Gasteiger partial charge in [0.05, 0.1) is 11.3 Å². The fourth-order valence-electron chi connectivity index (χ4n) is 2.96. The van der Waals surface area contributed by atoms with Crippen molar-refractivity contribution in [2.45, 2.75) is 4.90 Å². The lowest BCUT2D eigenvalue weighted by atomic mass is 10.2. The Morgan fingerprint density at radius 2 is 1.69 bits per heavy atom. The summed E-state index contributed by atoms with van der Waals surface area (Å²) in [5.41, 5.74) is 1.03. The van der Waals surface area contributed by atoms with E-state index in [-0.39, 0.29) is 31.7 Å². The number of ether oxygens (including phenoxy) is 4. The van der Waals surface area contributed by atoms with Crippen LogP contribution in [0.1, 0.15) is 10.4 Å². The van der Waals surface area contributed by atoms with Gasteiger partial charge in [-0.05, 0) is 36.4 Å². The van der Waals surface area contributed by atoms with Crippen molar-refractivity contribution in [1.82, 2.24) is 0 Å². The van der Waals surface area contributed by atoms with Crippen LogP contribution in [0.3, 0.4) is 0 Å². The molecule has 0 aliphatic carbocycles. The van der Waals surface area contributed by atoms with Crippen molar-refractivity contribution >= 4 is 29.3 Å². The molecule has 3 aromatic rings. The molecule has 1 amide bonds. The number of carbonyl (C=O) groups is 2. The number of amides is 1. The normalized spacial score (nSPS) is 11.6. The van der Waals surface area contributed by atoms with Crippen LogP contribution < -0.4 is 19.5 Å². The van der Waals surface area contributed by atoms with Crippen LogP contribution in [-0.2, 0) is 9.53 Å². The van der Waals surface area contributed by atoms with Crippen LogP contribution in [0.5, 0.6) is 17.2 Å². The zero-order chi connectivity index (χ0) is 22.2. The maximum Gasteiger partial charge on any atom is 0.339 e. The smallest absolute Gasteiger partial charge is 0.339 e. The van der Waals surface area contributed by atoms with Crippen molar-refractivity contribution in [3.05, 3.63) is 78.4 Å². The van der Waals surface area contributed by atoms with Crippen molar-refractivity contribution in [2.24, 2.45) is 0 Å². The summed E-state index contributed by atoms with van der Waals surface area (Å²) in [6, 6.07) is 21.6. The molecular weight excluding hydrogens is 430 g/mol. The number of benzene rings is 3. The molecule has 1 aliphatic heterocycles. The molecule has 7 nitrogen and oxygen atoms in total. The Hall–Kier alpha value is -3.65. The highest BCUT2D eigenvalue weighted by molar-refractivity contribution is 8.00. The van der Waals surface area contributed by atoms with Crippen molar-refractivity contribution < 1.29 is 28.5 Å². The highest BCUT2D eigenvalue weighted by atomic mass is 32.2. The summed E-state index contributed by atoms with van der Waals surface area (Å²) in [6.07, 6.45) is 0. The van der Waals surface area contributed by atoms with E-state index < -0.39 is 5.97 Å². The Morgan fingerprint density at radius 1 is 0.906 bits per heavy atom. The molecule has 0 saturated carbocycles. The van der Waals surface area contributed by atoms with Crippen LogP contribution in [0.15, 0.2) is 77.7 Å². The lowest BCUT2D eigenvalue weighted by Crippen LogP contribution is -2.15. The first-order chi connectivity index (χ1) is 15.7. The second-order valence-corrected chi connectivity index (χ2v) is 7.72. The minimum absolute atomic E-state index is 0.122. The maximum absolute atomic E-state index is 12.5. The first-order valence-corrected chi connectivity index (χ1v) is 10.9. The number of thioether (sulfide) groups is 1. The van der Waals surface area contributed by atoms with Gasteiger partial charge in [-0.1, -0.05) is 30.3 Å². The number of rotatable bonds is 9. The summed E-state index contributed by atoms with van der Waals surface area (Å²) in [6.45, 7) is 0.550. The van der Waals surface area contributed by atoms with E-state index in [1.54, 1.807) is 36.4 Å². The first kappa shape index (κ1) is 21.6. The molecule has 164 valence electrons. The van der Waals surface area contributed by atoms with E-state index in [1.165, 1.54) is 11.8 Å². The number of carbonyl (C=O) groups excluding carboxylic acids is 2. The summed E-state index contributed by atoms with van der Waals surface area (Å²) in [5, 5.41) is 2.82. The fourth-order valence-corrected chi connectivity index (χ4v) is 3.80. The summed E-state index contributed by atoms with van der Waals surface area (Å²) in [7, 11) is 0. The quantitative estimate of drug-likeness (QED) is 0.294. The van der Waals surface area contributed by atoms with Crippen LogP contribution in [0.4, 0.5) is 5.69 Å². The van der Waals surface area contributed by atoms with Gasteiger partial charge in [-0.3, -0.25) is 4.79 Å². The Labute approximate surface area is 189 Å². The summed E-state index contributed by atoms with van der Waals surface area (Å²) < 4.78 is 21.5. The van der Waals surface area contributed by atoms with Gasteiger partial charge in [0.2, 0.25) is 12.7 Å². The average Bonchev–Trinajstić information content (AvgIpc) is 3.29. The molecule has 8 heteroatoms. The van der Waals surface area contributed by atoms with Gasteiger partial charge in [0.25, 0.3) is 0 Å². The molecule has 0 aromatic heterocycles. The van der Waals surface area contributed by atoms with E-state index >= 15 is 0 Å². The second-order valence-electron chi connectivity index (χ2n) is 6.70. The van der Waals surface area contributed by atoms with Crippen molar-refractivity contribution in [1.29, 1.82) is 0 Å². The molecule has 1 N–H and O–H groups in total. The molecule has 0 radical (unpaired) electrons. The largest absolute Gasteiger partial charge is 0.490 e. The highest BCUT2D eigenvalue weighted by Gasteiger charge is 2.16. The third-order valence-electron chi connectivity index (χ3n) is 4.45. The molecular formula is C24H21NO6S. The molecule has 0 saturated heterocycles. The number of hydrogen-bond donors (Lipinski definition) is 1. The molecule has 0 fully saturated rings. The Morgan fingerprint density at radius 3 is 2.56 bits per heavy atom. The van der Waals surface area contributed by atoms with Crippen molar-refractivity contribution in [2.75, 3.05) is 31.1 Å². The van der Waals surface area contributed by atoms with Gasteiger partial charge in [-0.25, -0.2) is 4.79 Å². The molecule has 1 aliphatic rings. The summed E-state index contributed by atoms with van der Waals surface area (Å²) in [5.74, 6) is 1.44. The minimum Gasteiger partial charge on any atom is -0.490 e. The van der Waals surface area contributed by atoms with Crippen LogP contribution in [0.2, 0.25) is 0 Å². The minimum atomic E-state index is -0.457. The third-order valence-corrected chi connectivity index (χ3v) is 5.52. The summed E-state index contributed by atoms with van der Waals surface area (Å²) >= 11 is 1.26. The van der Waals surface area contributed by atoms with Gasteiger partial charge >= 0.3 is 5.97 Å². The van der Waals surface area contributed by atoms with Gasteiger partial charge in [0.1, 0.15) is 19.0 Å². The van der Waals surface area contributed by atoms with E-state index in [9.17, 15) is 9.59 Å². The van der Waals surface area contributed by atoms with Crippen LogP contribution >= 0.6 is 11.8 Å². The van der Waals surface area contributed by atoms with Gasteiger partial charge in [-0.2, -0.15) is 0 Å². The Kier molecular flexibility index (Phi) is 7.14. The monoisotopic (exact) mass is 451 g/mol. The van der Waals surface area contributed by atoms with E-state index in [2.05, 4.69) is 5.32 Å². The SMILES string of the molecule is O=C(CSc1ccccc1C(=O)OCCOc1ccccc1)Nc1ccc2c(c1)OCO2. The first-order valence-electron chi connectivity index (χ1n) is 9.95. The standard InChI is InChI=1S/C24H21NO6S/c26-23(25-17-10-11-20-21(14-17)31-16-30-20)15-32-22-9-5-4-8-19(22)24(27)29-13-12-28-18-6-2-1-3-7-18/h1-11,14H,12-13,15-16H2,(H,25,26). The zero-order valence-corrected chi connectivity index (χ0v) is 17.9.